The molecule has 5 heteroatoms. The molecule has 250 valence electrons. The van der Waals surface area contributed by atoms with Gasteiger partial charge in [-0.15, -0.1) is 17.7 Å². The summed E-state index contributed by atoms with van der Waals surface area (Å²) in [5.74, 6) is 0.619. The predicted molar refractivity (Wildman–Crippen MR) is 203 cm³/mol. The first kappa shape index (κ1) is 29.2. The van der Waals surface area contributed by atoms with Gasteiger partial charge in [-0.05, 0) is 65.4 Å². The van der Waals surface area contributed by atoms with Crippen LogP contribution in [0.4, 0.5) is 0 Å². The molecule has 0 saturated heterocycles. The van der Waals surface area contributed by atoms with Crippen LogP contribution in [0.1, 0.15) is 34.7 Å². The zero-order valence-electron chi connectivity index (χ0n) is 31.0. The van der Waals surface area contributed by atoms with Crippen molar-refractivity contribution >= 4 is 11.0 Å². The Hall–Kier alpha value is -5.57. The number of pyridine rings is 1. The maximum Gasteiger partial charge on any atom is 0.148 e. The molecule has 1 aliphatic carbocycles. The standard InChI is InChI=1S/C46H34N3O.Pt/c1-29-23-24-40(35(26-29)30-14-5-4-6-15-30)49-41-21-13-18-32(44(41)48-45(49)34-17-8-10-22-42(34)50)31-27-36-33-16-7-9-19-38(33)46(2,3)43(36)37(28-31)39-20-11-12-25-47-39;/h4-27,50H,1-3H3;/q-1;/i1D3;. The van der Waals surface area contributed by atoms with Crippen LogP contribution in [-0.4, -0.2) is 19.6 Å². The summed E-state index contributed by atoms with van der Waals surface area (Å²) in [6.07, 6.45) is 1.82. The van der Waals surface area contributed by atoms with Gasteiger partial charge in [0.05, 0.1) is 22.3 Å². The zero-order valence-corrected chi connectivity index (χ0v) is 30.2. The molecule has 9 rings (SSSR count). The molecule has 2 aromatic heterocycles. The van der Waals surface area contributed by atoms with Gasteiger partial charge in [0.2, 0.25) is 0 Å². The minimum Gasteiger partial charge on any atom is -0.507 e. The van der Waals surface area contributed by atoms with E-state index >= 15 is 0 Å². The van der Waals surface area contributed by atoms with Gasteiger partial charge in [0.25, 0.3) is 0 Å². The van der Waals surface area contributed by atoms with Crippen molar-refractivity contribution in [3.8, 4) is 67.5 Å². The summed E-state index contributed by atoms with van der Waals surface area (Å²) < 4.78 is 26.7. The molecule has 0 fully saturated rings. The summed E-state index contributed by atoms with van der Waals surface area (Å²) in [4.78, 5) is 10.1. The second-order valence-electron chi connectivity index (χ2n) is 13.3. The number of aromatic nitrogens is 3. The number of aromatic hydroxyl groups is 1. The fourth-order valence-corrected chi connectivity index (χ4v) is 7.68. The van der Waals surface area contributed by atoms with Crippen molar-refractivity contribution in [1.29, 1.82) is 0 Å². The third-order valence-electron chi connectivity index (χ3n) is 9.95. The number of rotatable bonds is 5. The molecule has 2 heterocycles. The molecule has 0 spiro atoms. The molecular formula is C46H34N3OPt-. The van der Waals surface area contributed by atoms with Crippen LogP contribution in [0, 0.1) is 12.9 Å². The van der Waals surface area contributed by atoms with Gasteiger partial charge < -0.3 is 5.11 Å². The number of hydrogen-bond acceptors (Lipinski definition) is 3. The fraction of sp³-hybridized carbons (Fsp3) is 0.0870. The third-order valence-corrected chi connectivity index (χ3v) is 9.95. The maximum absolute atomic E-state index is 11.3. The number of benzene rings is 6. The molecule has 1 aliphatic rings. The Kier molecular flexibility index (Phi) is 7.23. The zero-order chi connectivity index (χ0) is 36.5. The molecule has 51 heavy (non-hydrogen) atoms. The van der Waals surface area contributed by atoms with Crippen LogP contribution in [0.15, 0.2) is 146 Å². The van der Waals surface area contributed by atoms with Crippen molar-refractivity contribution in [2.75, 3.05) is 0 Å². The minimum atomic E-state index is -2.30. The van der Waals surface area contributed by atoms with E-state index in [1.165, 1.54) is 16.7 Å². The van der Waals surface area contributed by atoms with Gasteiger partial charge >= 0.3 is 0 Å². The Morgan fingerprint density at radius 2 is 1.45 bits per heavy atom. The number of para-hydroxylation sites is 2. The summed E-state index contributed by atoms with van der Waals surface area (Å²) in [5, 5.41) is 11.3. The molecule has 8 aromatic rings. The topological polar surface area (TPSA) is 50.9 Å². The van der Waals surface area contributed by atoms with Gasteiger partial charge in [-0.3, -0.25) is 9.55 Å². The van der Waals surface area contributed by atoms with Gasteiger partial charge in [0.1, 0.15) is 11.6 Å². The normalized spacial score (nSPS) is 13.8. The van der Waals surface area contributed by atoms with Gasteiger partial charge in [-0.25, -0.2) is 4.98 Å². The number of imidazole rings is 1. The van der Waals surface area contributed by atoms with Gasteiger partial charge in [-0.1, -0.05) is 139 Å². The van der Waals surface area contributed by atoms with Crippen LogP contribution in [0.3, 0.4) is 0 Å². The Bertz CT molecular complexity index is 2700. The van der Waals surface area contributed by atoms with Crippen LogP contribution in [0.5, 0.6) is 5.75 Å². The first-order chi connectivity index (χ1) is 25.6. The smallest absolute Gasteiger partial charge is 0.148 e. The first-order valence-corrected chi connectivity index (χ1v) is 16.7. The molecule has 6 aromatic carbocycles. The van der Waals surface area contributed by atoms with Gasteiger partial charge in [0, 0.05) is 42.6 Å². The van der Waals surface area contributed by atoms with E-state index in [0.717, 1.165) is 55.8 Å². The minimum absolute atomic E-state index is 0. The quantitative estimate of drug-likeness (QED) is 0.176. The van der Waals surface area contributed by atoms with Crippen LogP contribution >= 0.6 is 0 Å². The SMILES string of the molecule is [2H]C([2H])([2H])c1ccc(-n2c(-c3ccccc3O)nc3c(-c4[c-]c(-c5ccccn5)c5c(c4)-c4ccccc4C5(C)C)cccc32)c(-c2ccccc2)c1.[Pt]. The van der Waals surface area contributed by atoms with E-state index in [4.69, 9.17) is 14.1 Å². The van der Waals surface area contributed by atoms with Crippen molar-refractivity contribution in [3.63, 3.8) is 0 Å². The molecule has 4 nitrogen and oxygen atoms in total. The van der Waals surface area contributed by atoms with Crippen LogP contribution in [-0.2, 0) is 26.5 Å². The molecule has 0 aliphatic heterocycles. The van der Waals surface area contributed by atoms with Crippen molar-refractivity contribution < 1.29 is 30.3 Å². The van der Waals surface area contributed by atoms with Gasteiger partial charge in [0.15, 0.2) is 0 Å². The summed E-state index contributed by atoms with van der Waals surface area (Å²) in [7, 11) is 0. The predicted octanol–water partition coefficient (Wildman–Crippen LogP) is 11.2. The Morgan fingerprint density at radius 3 is 2.24 bits per heavy atom. The fourth-order valence-electron chi connectivity index (χ4n) is 7.68. The number of phenols is 1. The van der Waals surface area contributed by atoms with E-state index in [9.17, 15) is 5.11 Å². The second kappa shape index (κ2) is 12.6. The molecule has 1 N–H and O–H groups in total. The molecule has 0 atom stereocenters. The molecule has 0 saturated carbocycles. The van der Waals surface area contributed by atoms with Crippen molar-refractivity contribution in [1.82, 2.24) is 14.5 Å². The first-order valence-electron chi connectivity index (χ1n) is 18.2. The largest absolute Gasteiger partial charge is 0.507 e. The summed E-state index contributed by atoms with van der Waals surface area (Å²) in [6.45, 7) is 2.23. The average molecular weight is 843 g/mol. The summed E-state index contributed by atoms with van der Waals surface area (Å²) in [6, 6.07) is 48.9. The number of nitrogens with zero attached hydrogens (tertiary/aromatic N) is 3. The van der Waals surface area contributed by atoms with Crippen LogP contribution < -0.4 is 0 Å². The third kappa shape index (κ3) is 5.25. The summed E-state index contributed by atoms with van der Waals surface area (Å²) >= 11 is 0. The van der Waals surface area contributed by atoms with Crippen molar-refractivity contribution in [3.05, 3.63) is 168 Å². The Morgan fingerprint density at radius 1 is 0.706 bits per heavy atom. The number of aryl methyl sites for hydroxylation is 1. The molecule has 0 unspecified atom stereocenters. The van der Waals surface area contributed by atoms with E-state index < -0.39 is 6.85 Å². The molecule has 0 amide bonds. The Labute approximate surface area is 316 Å². The van der Waals surface area contributed by atoms with Crippen LogP contribution in [0.25, 0.3) is 72.7 Å². The summed E-state index contributed by atoms with van der Waals surface area (Å²) in [5.41, 5.74) is 12.7. The number of fused-ring (bicyclic) bond motifs is 4. The van der Waals surface area contributed by atoms with Gasteiger partial charge in [-0.2, -0.15) is 0 Å². The monoisotopic (exact) mass is 842 g/mol. The number of hydrogen-bond donors (Lipinski definition) is 1. The Balaban J connectivity index is 0.00000413. The van der Waals surface area contributed by atoms with E-state index in [1.54, 1.807) is 24.3 Å². The number of phenolic OH excluding ortho intramolecular Hbond substituents is 1. The molecule has 0 radical (unpaired) electrons. The van der Waals surface area contributed by atoms with Crippen molar-refractivity contribution in [2.24, 2.45) is 0 Å². The van der Waals surface area contributed by atoms with E-state index in [0.29, 0.717) is 11.4 Å². The van der Waals surface area contributed by atoms with E-state index in [2.05, 4.69) is 56.3 Å². The van der Waals surface area contributed by atoms with E-state index in [1.807, 2.05) is 89.6 Å². The molecule has 0 bridgehead atoms. The maximum atomic E-state index is 11.3. The second-order valence-corrected chi connectivity index (χ2v) is 13.3. The molecular weight excluding hydrogens is 806 g/mol. The average Bonchev–Trinajstić information content (AvgIpc) is 3.67. The van der Waals surface area contributed by atoms with Crippen molar-refractivity contribution in [2.45, 2.75) is 26.1 Å². The van der Waals surface area contributed by atoms with E-state index in [-0.39, 0.29) is 37.8 Å². The van der Waals surface area contributed by atoms with Crippen LogP contribution in [0.2, 0.25) is 0 Å².